The van der Waals surface area contributed by atoms with E-state index in [0.29, 0.717) is 17.0 Å². The van der Waals surface area contributed by atoms with Gasteiger partial charge in [-0.25, -0.2) is 9.78 Å². The molecule has 1 amide bonds. The van der Waals surface area contributed by atoms with E-state index in [9.17, 15) is 9.35 Å². The van der Waals surface area contributed by atoms with Crippen molar-refractivity contribution in [1.29, 1.82) is 0 Å². The van der Waals surface area contributed by atoms with E-state index >= 15 is 0 Å². The number of fused-ring (bicyclic) bond motifs is 1. The van der Waals surface area contributed by atoms with Crippen LogP contribution in [-0.2, 0) is 22.6 Å². The maximum absolute atomic E-state index is 13.3. The van der Waals surface area contributed by atoms with Crippen molar-refractivity contribution in [3.05, 3.63) is 45.8 Å². The van der Waals surface area contributed by atoms with Crippen LogP contribution in [0.25, 0.3) is 10.2 Å². The molecule has 3 heterocycles. The van der Waals surface area contributed by atoms with E-state index in [4.69, 9.17) is 20.8 Å². The van der Waals surface area contributed by atoms with Gasteiger partial charge >= 0.3 is 6.09 Å². The fourth-order valence-electron chi connectivity index (χ4n) is 3.28. The second-order valence-electron chi connectivity index (χ2n) is 10.1. The molecule has 0 aliphatic rings. The molecule has 1 N–H and O–H groups in total. The van der Waals surface area contributed by atoms with Gasteiger partial charge in [-0.15, -0.1) is 16.1 Å². The molecule has 0 aliphatic carbocycles. The van der Waals surface area contributed by atoms with Gasteiger partial charge in [0.15, 0.2) is 0 Å². The summed E-state index contributed by atoms with van der Waals surface area (Å²) in [6.07, 6.45) is 1.05. The monoisotopic (exact) mass is 525 g/mol. The standard InChI is InChI=1S/C24H32ClN3O4S2/c1-14-19-21(33-20(14)15(2)27-34(30)24(6,7)8)17(12-18(25)26-19)28(13-16-10-9-11-31-16)22(29)32-23(3,4)5/h9-12,15,27H,13H2,1-8H3/t15-,34+/m0/s1. The van der Waals surface area contributed by atoms with Crippen LogP contribution in [0.2, 0.25) is 5.15 Å². The molecule has 0 spiro atoms. The average Bonchev–Trinajstić information content (AvgIpc) is 3.32. The lowest BCUT2D eigenvalue weighted by atomic mass is 10.1. The minimum atomic E-state index is -1.24. The number of nitrogens with one attached hydrogen (secondary N) is 1. The molecule has 0 fully saturated rings. The van der Waals surface area contributed by atoms with Crippen LogP contribution in [-0.4, -0.2) is 26.0 Å². The van der Waals surface area contributed by atoms with Gasteiger partial charge in [0.2, 0.25) is 0 Å². The van der Waals surface area contributed by atoms with Gasteiger partial charge in [0.1, 0.15) is 21.3 Å². The average molecular weight is 526 g/mol. The molecule has 3 aromatic heterocycles. The molecule has 10 heteroatoms. The van der Waals surface area contributed by atoms with Crippen molar-refractivity contribution in [2.75, 3.05) is 4.90 Å². The van der Waals surface area contributed by atoms with E-state index in [2.05, 4.69) is 9.71 Å². The lowest BCUT2D eigenvalue weighted by Crippen LogP contribution is -2.40. The van der Waals surface area contributed by atoms with E-state index in [1.54, 1.807) is 24.5 Å². The second kappa shape index (κ2) is 10.1. The molecule has 0 saturated heterocycles. The third kappa shape index (κ3) is 6.26. The summed E-state index contributed by atoms with van der Waals surface area (Å²) in [5.74, 6) is 0.607. The molecule has 0 saturated carbocycles. The number of amides is 1. The van der Waals surface area contributed by atoms with Crippen molar-refractivity contribution < 1.29 is 18.5 Å². The predicted molar refractivity (Wildman–Crippen MR) is 140 cm³/mol. The highest BCUT2D eigenvalue weighted by molar-refractivity contribution is 7.90. The van der Waals surface area contributed by atoms with Gasteiger partial charge < -0.3 is 13.7 Å². The van der Waals surface area contributed by atoms with Crippen molar-refractivity contribution in [2.24, 2.45) is 0 Å². The minimum absolute atomic E-state index is 0.172. The summed E-state index contributed by atoms with van der Waals surface area (Å²) in [5.41, 5.74) is 1.53. The fourth-order valence-corrected chi connectivity index (χ4v) is 5.60. The van der Waals surface area contributed by atoms with E-state index in [1.807, 2.05) is 55.4 Å². The lowest BCUT2D eigenvalue weighted by Gasteiger charge is -2.27. The summed E-state index contributed by atoms with van der Waals surface area (Å²) in [4.78, 5) is 20.3. The quantitative estimate of drug-likeness (QED) is 0.278. The van der Waals surface area contributed by atoms with Gasteiger partial charge in [-0.2, -0.15) is 0 Å². The number of carbonyl (C=O) groups excluding carboxylic acids is 1. The van der Waals surface area contributed by atoms with Crippen LogP contribution in [0.3, 0.4) is 0 Å². The number of thiophene rings is 1. The third-order valence-corrected chi connectivity index (χ3v) is 8.25. The zero-order valence-corrected chi connectivity index (χ0v) is 23.2. The zero-order chi connectivity index (χ0) is 25.4. The minimum Gasteiger partial charge on any atom is -0.598 e. The maximum Gasteiger partial charge on any atom is 0.415 e. The number of ether oxygens (including phenoxy) is 1. The Morgan fingerprint density at radius 3 is 2.59 bits per heavy atom. The van der Waals surface area contributed by atoms with Gasteiger partial charge in [0.25, 0.3) is 0 Å². The van der Waals surface area contributed by atoms with Crippen LogP contribution in [0.4, 0.5) is 10.5 Å². The second-order valence-corrected chi connectivity index (χ2v) is 13.5. The van der Waals surface area contributed by atoms with Crippen LogP contribution in [0, 0.1) is 6.92 Å². The number of rotatable bonds is 6. The van der Waals surface area contributed by atoms with Crippen LogP contribution in [0.1, 0.15) is 70.7 Å². The fraction of sp³-hybridized carbons (Fsp3) is 0.500. The summed E-state index contributed by atoms with van der Waals surface area (Å²) < 4.78 is 27.5. The van der Waals surface area contributed by atoms with Crippen molar-refractivity contribution >= 4 is 56.3 Å². The summed E-state index contributed by atoms with van der Waals surface area (Å²) in [5, 5.41) is 0.266. The Hall–Kier alpha value is -1.78. The van der Waals surface area contributed by atoms with Crippen molar-refractivity contribution in [2.45, 2.75) is 78.3 Å². The Morgan fingerprint density at radius 1 is 1.35 bits per heavy atom. The van der Waals surface area contributed by atoms with E-state index in [0.717, 1.165) is 15.1 Å². The topological polar surface area (TPSA) is 90.7 Å². The number of hydrogen-bond acceptors (Lipinski definition) is 7. The van der Waals surface area contributed by atoms with Crippen LogP contribution in [0.15, 0.2) is 28.9 Å². The number of aromatic nitrogens is 1. The molecule has 0 aliphatic heterocycles. The number of nitrogens with zero attached hydrogens (tertiary/aromatic N) is 2. The van der Waals surface area contributed by atoms with E-state index < -0.39 is 27.8 Å². The first-order valence-electron chi connectivity index (χ1n) is 11.0. The summed E-state index contributed by atoms with van der Waals surface area (Å²) >= 11 is 6.67. The van der Waals surface area contributed by atoms with Gasteiger partial charge in [0, 0.05) is 22.3 Å². The Kier molecular flexibility index (Phi) is 7.94. The molecule has 7 nitrogen and oxygen atoms in total. The number of carbonyl (C=O) groups is 1. The highest BCUT2D eigenvalue weighted by atomic mass is 35.5. The Balaban J connectivity index is 2.10. The summed E-state index contributed by atoms with van der Waals surface area (Å²) in [7, 11) is 0. The SMILES string of the molecule is Cc1c([C@H](C)N[S@+]([O-])C(C)(C)C)sc2c(N(Cc3ccco3)C(=O)OC(C)(C)C)cc(Cl)nc12. The number of aryl methyl sites for hydroxylation is 1. The maximum atomic E-state index is 13.3. The highest BCUT2D eigenvalue weighted by Gasteiger charge is 2.31. The van der Waals surface area contributed by atoms with Gasteiger partial charge in [-0.3, -0.25) is 4.90 Å². The van der Waals surface area contributed by atoms with E-state index in [1.165, 1.54) is 16.2 Å². The molecule has 34 heavy (non-hydrogen) atoms. The molecular formula is C24H32ClN3O4S2. The molecule has 3 aromatic rings. The molecule has 0 radical (unpaired) electrons. The van der Waals surface area contributed by atoms with Crippen molar-refractivity contribution in [1.82, 2.24) is 9.71 Å². The molecule has 2 atom stereocenters. The van der Waals surface area contributed by atoms with E-state index in [-0.39, 0.29) is 17.7 Å². The molecule has 0 bridgehead atoms. The number of halogens is 1. The smallest absolute Gasteiger partial charge is 0.415 e. The van der Waals surface area contributed by atoms with Crippen LogP contribution >= 0.6 is 22.9 Å². The Bertz CT molecular complexity index is 1150. The third-order valence-electron chi connectivity index (χ3n) is 4.89. The molecule has 186 valence electrons. The first-order chi connectivity index (χ1) is 15.7. The summed E-state index contributed by atoms with van der Waals surface area (Å²) in [6.45, 7) is 15.3. The highest BCUT2D eigenvalue weighted by Crippen LogP contribution is 2.41. The zero-order valence-electron chi connectivity index (χ0n) is 20.8. The molecular weight excluding hydrogens is 494 g/mol. The Morgan fingerprint density at radius 2 is 2.03 bits per heavy atom. The predicted octanol–water partition coefficient (Wildman–Crippen LogP) is 6.91. The molecule has 0 unspecified atom stereocenters. The van der Waals surface area contributed by atoms with Crippen LogP contribution < -0.4 is 9.62 Å². The first-order valence-corrected chi connectivity index (χ1v) is 13.3. The lowest BCUT2D eigenvalue weighted by molar-refractivity contribution is 0.0575. The number of hydrogen-bond donors (Lipinski definition) is 1. The number of anilines is 1. The molecule has 0 aromatic carbocycles. The molecule has 3 rings (SSSR count). The van der Waals surface area contributed by atoms with Gasteiger partial charge in [-0.1, -0.05) is 11.6 Å². The first kappa shape index (κ1) is 26.8. The van der Waals surface area contributed by atoms with Gasteiger partial charge in [-0.05, 0) is 73.1 Å². The van der Waals surface area contributed by atoms with Gasteiger partial charge in [0.05, 0.1) is 34.8 Å². The Labute approximate surface area is 213 Å². The number of pyridine rings is 1. The largest absolute Gasteiger partial charge is 0.598 e. The van der Waals surface area contributed by atoms with Crippen molar-refractivity contribution in [3.8, 4) is 0 Å². The van der Waals surface area contributed by atoms with Crippen LogP contribution in [0.5, 0.6) is 0 Å². The summed E-state index contributed by atoms with van der Waals surface area (Å²) in [6, 6.07) is 5.05. The number of furan rings is 1. The normalized spacial score (nSPS) is 14.3. The van der Waals surface area contributed by atoms with Crippen molar-refractivity contribution in [3.63, 3.8) is 0 Å².